The number of nitrogens with zero attached hydrogens (tertiary/aromatic N) is 6. The van der Waals surface area contributed by atoms with Gasteiger partial charge >= 0.3 is 17.8 Å². The van der Waals surface area contributed by atoms with Crippen LogP contribution in [0.1, 0.15) is 50.1 Å². The van der Waals surface area contributed by atoms with Gasteiger partial charge < -0.3 is 9.64 Å². The molecule has 1 saturated heterocycles. The number of aromatic nitrogens is 3. The molecule has 1 aliphatic heterocycles. The topological polar surface area (TPSA) is 104 Å². The average molecular weight is 543 g/mol. The maximum Gasteiger partial charge on any atom is 0.416 e. The standard InChI is InChI=1S/C27H29F3N6O3/c1-5-20-15-35(24-22-21(34(4)26(38)33-24)12-11-19(13-31)32-22)16(3)14-36(20)23(25(37)39-6-2)17-7-9-18(10-8-17)27(28,29)30/h7-12,16,20,23H,5-6,14-15H2,1-4H3/t16-,20+,23?/m0/s1. The number of carbonyl (C=O) groups excluding carboxylic acids is 1. The zero-order valence-corrected chi connectivity index (χ0v) is 22.1. The van der Waals surface area contributed by atoms with Crippen molar-refractivity contribution in [3.8, 4) is 6.07 Å². The molecule has 206 valence electrons. The van der Waals surface area contributed by atoms with Crippen LogP contribution in [0, 0.1) is 11.3 Å². The van der Waals surface area contributed by atoms with Crippen molar-refractivity contribution in [3.63, 3.8) is 0 Å². The van der Waals surface area contributed by atoms with Gasteiger partial charge in [-0.3, -0.25) is 9.47 Å². The fourth-order valence-electron chi connectivity index (χ4n) is 5.05. The third kappa shape index (κ3) is 5.45. The minimum Gasteiger partial charge on any atom is -0.465 e. The van der Waals surface area contributed by atoms with Gasteiger partial charge in [0.1, 0.15) is 23.3 Å². The van der Waals surface area contributed by atoms with Crippen LogP contribution < -0.4 is 10.6 Å². The van der Waals surface area contributed by atoms with E-state index < -0.39 is 29.4 Å². The maximum absolute atomic E-state index is 13.2. The minimum absolute atomic E-state index is 0.123. The summed E-state index contributed by atoms with van der Waals surface area (Å²) in [5.74, 6) is -0.202. The van der Waals surface area contributed by atoms with Crippen LogP contribution >= 0.6 is 0 Å². The van der Waals surface area contributed by atoms with Gasteiger partial charge in [-0.05, 0) is 50.1 Å². The molecular weight excluding hydrogens is 513 g/mol. The number of piperazine rings is 1. The van der Waals surface area contributed by atoms with Crippen molar-refractivity contribution in [1.29, 1.82) is 5.26 Å². The van der Waals surface area contributed by atoms with Gasteiger partial charge in [0.05, 0.1) is 17.7 Å². The van der Waals surface area contributed by atoms with Gasteiger partial charge in [0, 0.05) is 32.2 Å². The summed E-state index contributed by atoms with van der Waals surface area (Å²) >= 11 is 0. The zero-order chi connectivity index (χ0) is 28.5. The fraction of sp³-hybridized carbons (Fsp3) is 0.444. The van der Waals surface area contributed by atoms with E-state index in [0.717, 1.165) is 12.1 Å². The Balaban J connectivity index is 1.75. The van der Waals surface area contributed by atoms with Crippen LogP contribution in [-0.2, 0) is 22.8 Å². The SMILES string of the molecule is CCOC(=O)C(c1ccc(C(F)(F)F)cc1)N1C[C@H](C)N(c2nc(=O)n(C)c3ccc(C#N)nc23)C[C@H]1CC. The average Bonchev–Trinajstić information content (AvgIpc) is 2.91. The molecule has 0 radical (unpaired) electrons. The smallest absolute Gasteiger partial charge is 0.416 e. The van der Waals surface area contributed by atoms with E-state index in [4.69, 9.17) is 4.74 Å². The van der Waals surface area contributed by atoms with Gasteiger partial charge in [-0.1, -0.05) is 19.1 Å². The van der Waals surface area contributed by atoms with Gasteiger partial charge in [-0.25, -0.2) is 14.6 Å². The van der Waals surface area contributed by atoms with Crippen molar-refractivity contribution in [3.05, 3.63) is 63.7 Å². The van der Waals surface area contributed by atoms with Crippen LogP contribution in [0.4, 0.5) is 19.0 Å². The Kier molecular flexibility index (Phi) is 7.92. The van der Waals surface area contributed by atoms with Crippen molar-refractivity contribution in [2.45, 2.75) is 51.5 Å². The van der Waals surface area contributed by atoms with Gasteiger partial charge in [0.15, 0.2) is 5.82 Å². The number of aryl methyl sites for hydroxylation is 1. The minimum atomic E-state index is -4.49. The van der Waals surface area contributed by atoms with Gasteiger partial charge in [0.2, 0.25) is 0 Å². The lowest BCUT2D eigenvalue weighted by atomic mass is 9.96. The summed E-state index contributed by atoms with van der Waals surface area (Å²) in [6.07, 6.45) is -3.90. The van der Waals surface area contributed by atoms with Crippen LogP contribution in [0.2, 0.25) is 0 Å². The number of benzene rings is 1. The summed E-state index contributed by atoms with van der Waals surface area (Å²) in [5, 5.41) is 9.39. The van der Waals surface area contributed by atoms with E-state index in [1.807, 2.05) is 29.7 Å². The lowest BCUT2D eigenvalue weighted by Crippen LogP contribution is -2.59. The maximum atomic E-state index is 13.2. The molecule has 0 spiro atoms. The number of carbonyl (C=O) groups is 1. The Morgan fingerprint density at radius 3 is 2.44 bits per heavy atom. The number of ether oxygens (including phenoxy) is 1. The highest BCUT2D eigenvalue weighted by Crippen LogP contribution is 2.35. The summed E-state index contributed by atoms with van der Waals surface area (Å²) in [4.78, 5) is 38.5. The molecule has 1 aromatic carbocycles. The Bertz CT molecular complexity index is 1470. The largest absolute Gasteiger partial charge is 0.465 e. The number of pyridine rings is 1. The molecule has 3 aromatic rings. The number of hydrogen-bond donors (Lipinski definition) is 0. The second kappa shape index (κ2) is 11.0. The van der Waals surface area contributed by atoms with Crippen LogP contribution in [0.5, 0.6) is 0 Å². The van der Waals surface area contributed by atoms with Gasteiger partial charge in [-0.2, -0.15) is 23.4 Å². The van der Waals surface area contributed by atoms with E-state index in [-0.39, 0.29) is 24.4 Å². The Morgan fingerprint density at radius 2 is 1.85 bits per heavy atom. The molecule has 0 saturated carbocycles. The predicted molar refractivity (Wildman–Crippen MR) is 138 cm³/mol. The molecule has 0 aliphatic carbocycles. The molecule has 3 atom stereocenters. The second-order valence-electron chi connectivity index (χ2n) is 9.49. The summed E-state index contributed by atoms with van der Waals surface area (Å²) in [7, 11) is 1.58. The summed E-state index contributed by atoms with van der Waals surface area (Å²) in [6, 6.07) is 8.36. The summed E-state index contributed by atoms with van der Waals surface area (Å²) in [6.45, 7) is 6.35. The number of hydrogen-bond acceptors (Lipinski definition) is 8. The number of nitriles is 1. The highest BCUT2D eigenvalue weighted by Gasteiger charge is 2.41. The van der Waals surface area contributed by atoms with Crippen molar-refractivity contribution < 1.29 is 22.7 Å². The molecule has 1 unspecified atom stereocenters. The van der Waals surface area contributed by atoms with Crippen molar-refractivity contribution in [1.82, 2.24) is 19.4 Å². The number of fused-ring (bicyclic) bond motifs is 1. The molecule has 3 heterocycles. The van der Waals surface area contributed by atoms with Crippen molar-refractivity contribution in [2.75, 3.05) is 24.6 Å². The Labute approximate surface area is 223 Å². The molecule has 2 aromatic heterocycles. The third-order valence-electron chi connectivity index (χ3n) is 7.07. The first-order valence-electron chi connectivity index (χ1n) is 12.6. The van der Waals surface area contributed by atoms with E-state index in [1.165, 1.54) is 22.8 Å². The molecule has 12 heteroatoms. The quantitative estimate of drug-likeness (QED) is 0.433. The first-order chi connectivity index (χ1) is 18.5. The molecule has 1 fully saturated rings. The Morgan fingerprint density at radius 1 is 1.15 bits per heavy atom. The third-order valence-corrected chi connectivity index (χ3v) is 7.07. The first kappa shape index (κ1) is 28.0. The molecular formula is C27H29F3N6O3. The van der Waals surface area contributed by atoms with E-state index in [2.05, 4.69) is 9.97 Å². The number of anilines is 1. The molecule has 0 bridgehead atoms. The van der Waals surface area contributed by atoms with E-state index in [0.29, 0.717) is 41.9 Å². The zero-order valence-electron chi connectivity index (χ0n) is 22.1. The number of esters is 1. The van der Waals surface area contributed by atoms with E-state index in [9.17, 15) is 28.0 Å². The molecule has 4 rings (SSSR count). The van der Waals surface area contributed by atoms with Gasteiger partial charge in [0.25, 0.3) is 0 Å². The van der Waals surface area contributed by atoms with Gasteiger partial charge in [-0.15, -0.1) is 0 Å². The van der Waals surface area contributed by atoms with Crippen molar-refractivity contribution in [2.24, 2.45) is 7.05 Å². The molecule has 39 heavy (non-hydrogen) atoms. The van der Waals surface area contributed by atoms with Crippen LogP contribution in [0.25, 0.3) is 11.0 Å². The predicted octanol–water partition coefficient (Wildman–Crippen LogP) is 3.81. The molecule has 0 amide bonds. The van der Waals surface area contributed by atoms with E-state index in [1.54, 1.807) is 20.0 Å². The summed E-state index contributed by atoms with van der Waals surface area (Å²) < 4.78 is 46.3. The number of rotatable bonds is 6. The lowest BCUT2D eigenvalue weighted by Gasteiger charge is -2.48. The number of alkyl halides is 3. The monoisotopic (exact) mass is 542 g/mol. The first-order valence-corrected chi connectivity index (χ1v) is 12.6. The molecule has 9 nitrogen and oxygen atoms in total. The second-order valence-corrected chi connectivity index (χ2v) is 9.49. The highest BCUT2D eigenvalue weighted by molar-refractivity contribution is 5.86. The van der Waals surface area contributed by atoms with Crippen LogP contribution in [0.3, 0.4) is 0 Å². The van der Waals surface area contributed by atoms with E-state index >= 15 is 0 Å². The van der Waals surface area contributed by atoms with Crippen molar-refractivity contribution >= 4 is 22.8 Å². The Hall–Kier alpha value is -3.98. The van der Waals surface area contributed by atoms with Crippen LogP contribution in [-0.4, -0.2) is 57.2 Å². The van der Waals surface area contributed by atoms with Crippen LogP contribution in [0.15, 0.2) is 41.2 Å². The fourth-order valence-corrected chi connectivity index (χ4v) is 5.05. The lowest BCUT2D eigenvalue weighted by molar-refractivity contribution is -0.151. The molecule has 1 aliphatic rings. The summed E-state index contributed by atoms with van der Waals surface area (Å²) in [5.41, 5.74) is 0.259. The number of halogens is 3. The normalized spacial score (nSPS) is 19.1. The molecule has 0 N–H and O–H groups in total. The highest BCUT2D eigenvalue weighted by atomic mass is 19.4.